The second-order valence-electron chi connectivity index (χ2n) is 5.53. The Bertz CT molecular complexity index is 1020. The Hall–Kier alpha value is -3.40. The lowest BCUT2D eigenvalue weighted by Crippen LogP contribution is -1.94. The van der Waals surface area contributed by atoms with Gasteiger partial charge in [-0.15, -0.1) is 10.2 Å². The van der Waals surface area contributed by atoms with Crippen LogP contribution < -0.4 is 9.47 Å². The van der Waals surface area contributed by atoms with Gasteiger partial charge in [0.1, 0.15) is 0 Å². The molecule has 0 fully saturated rings. The summed E-state index contributed by atoms with van der Waals surface area (Å²) in [6.07, 6.45) is 0.935. The van der Waals surface area contributed by atoms with E-state index < -0.39 is 4.92 Å². The summed E-state index contributed by atoms with van der Waals surface area (Å²) in [6, 6.07) is 9.46. The number of rotatable bonds is 8. The van der Waals surface area contributed by atoms with Crippen molar-refractivity contribution in [2.75, 3.05) is 14.2 Å². The minimum atomic E-state index is -0.560. The Morgan fingerprint density at radius 1 is 1.14 bits per heavy atom. The fourth-order valence-electron chi connectivity index (χ4n) is 2.44. The molecule has 144 valence electrons. The van der Waals surface area contributed by atoms with Crippen molar-refractivity contribution in [3.8, 4) is 11.5 Å². The molecule has 1 heterocycles. The Morgan fingerprint density at radius 3 is 2.61 bits per heavy atom. The summed E-state index contributed by atoms with van der Waals surface area (Å²) in [5, 5.41) is 19.0. The molecule has 10 heteroatoms. The van der Waals surface area contributed by atoms with Gasteiger partial charge in [0.15, 0.2) is 17.8 Å². The molecule has 0 unspecified atom stereocenters. The highest BCUT2D eigenvalue weighted by Gasteiger charge is 2.15. The zero-order valence-corrected chi connectivity index (χ0v) is 15.8. The normalized spacial score (nSPS) is 10.5. The van der Waals surface area contributed by atoms with E-state index in [9.17, 15) is 14.9 Å². The van der Waals surface area contributed by atoms with Crippen LogP contribution in [0.1, 0.15) is 21.8 Å². The van der Waals surface area contributed by atoms with E-state index in [2.05, 4.69) is 10.2 Å². The average Bonchev–Trinajstić information content (AvgIpc) is 3.14. The number of nitro groups is 1. The molecule has 0 N–H and O–H groups in total. The number of carbonyl (C=O) groups excluding carboxylic acids is 1. The average molecular weight is 401 g/mol. The number of nitro benzene ring substituents is 1. The number of ether oxygens (including phenoxy) is 2. The zero-order chi connectivity index (χ0) is 20.1. The summed E-state index contributed by atoms with van der Waals surface area (Å²) >= 11 is 1.07. The quantitative estimate of drug-likeness (QED) is 0.317. The predicted molar refractivity (Wildman–Crippen MR) is 99.3 cm³/mol. The molecule has 3 rings (SSSR count). The van der Waals surface area contributed by atoms with Crippen molar-refractivity contribution < 1.29 is 23.6 Å². The SMILES string of the molecule is COc1ccc(Cc2nnc(Sc3ccc([N+](=O)[O-])cc3C=O)o2)cc1OC. The van der Waals surface area contributed by atoms with E-state index in [1.54, 1.807) is 20.3 Å². The van der Waals surface area contributed by atoms with Crippen LogP contribution in [0.5, 0.6) is 11.5 Å². The molecule has 2 aromatic carbocycles. The smallest absolute Gasteiger partial charge is 0.281 e. The molecule has 0 bridgehead atoms. The fraction of sp³-hybridized carbons (Fsp3) is 0.167. The van der Waals surface area contributed by atoms with Crippen molar-refractivity contribution in [2.45, 2.75) is 16.5 Å². The van der Waals surface area contributed by atoms with Crippen molar-refractivity contribution >= 4 is 23.7 Å². The van der Waals surface area contributed by atoms with Crippen LogP contribution in [0.25, 0.3) is 0 Å². The Morgan fingerprint density at radius 2 is 1.93 bits per heavy atom. The van der Waals surface area contributed by atoms with E-state index in [-0.39, 0.29) is 16.5 Å². The third kappa shape index (κ3) is 4.29. The number of hydrogen-bond acceptors (Lipinski definition) is 9. The molecule has 0 spiro atoms. The van der Waals surface area contributed by atoms with Crippen molar-refractivity contribution in [3.63, 3.8) is 0 Å². The summed E-state index contributed by atoms with van der Waals surface area (Å²) in [5.41, 5.74) is 0.909. The molecule has 1 aromatic heterocycles. The maximum atomic E-state index is 11.2. The highest BCUT2D eigenvalue weighted by molar-refractivity contribution is 7.99. The first-order valence-electron chi connectivity index (χ1n) is 7.98. The number of aldehydes is 1. The summed E-state index contributed by atoms with van der Waals surface area (Å²) in [7, 11) is 3.11. The molecule has 0 aliphatic carbocycles. The summed E-state index contributed by atoms with van der Waals surface area (Å²) in [4.78, 5) is 22.0. The number of non-ortho nitro benzene ring substituents is 1. The van der Waals surface area contributed by atoms with Gasteiger partial charge in [0.2, 0.25) is 5.89 Å². The van der Waals surface area contributed by atoms with Gasteiger partial charge in [0.05, 0.1) is 25.6 Å². The summed E-state index contributed by atoms with van der Waals surface area (Å²) < 4.78 is 16.1. The van der Waals surface area contributed by atoms with E-state index >= 15 is 0 Å². The zero-order valence-electron chi connectivity index (χ0n) is 14.9. The number of methoxy groups -OCH3 is 2. The van der Waals surface area contributed by atoms with Crippen molar-refractivity contribution in [1.29, 1.82) is 0 Å². The molecule has 0 atom stereocenters. The van der Waals surface area contributed by atoms with Crippen LogP contribution >= 0.6 is 11.8 Å². The molecular weight excluding hydrogens is 386 g/mol. The van der Waals surface area contributed by atoms with Gasteiger partial charge in [-0.1, -0.05) is 6.07 Å². The third-order valence-electron chi connectivity index (χ3n) is 3.78. The van der Waals surface area contributed by atoms with Crippen LogP contribution in [0.3, 0.4) is 0 Å². The predicted octanol–water partition coefficient (Wildman–Crippen LogP) is 3.55. The molecule has 0 saturated carbocycles. The van der Waals surface area contributed by atoms with Crippen molar-refractivity contribution in [3.05, 3.63) is 63.5 Å². The lowest BCUT2D eigenvalue weighted by molar-refractivity contribution is -0.384. The van der Waals surface area contributed by atoms with Gasteiger partial charge in [-0.05, 0) is 35.5 Å². The minimum absolute atomic E-state index is 0.161. The second kappa shape index (κ2) is 8.53. The number of carbonyl (C=O) groups is 1. The fourth-order valence-corrected chi connectivity index (χ4v) is 3.21. The first-order valence-corrected chi connectivity index (χ1v) is 8.80. The van der Waals surface area contributed by atoms with Gasteiger partial charge in [-0.2, -0.15) is 0 Å². The van der Waals surface area contributed by atoms with E-state index in [0.717, 1.165) is 17.3 Å². The Labute approximate surface area is 163 Å². The van der Waals surface area contributed by atoms with Crippen LogP contribution in [0.4, 0.5) is 5.69 Å². The maximum absolute atomic E-state index is 11.2. The minimum Gasteiger partial charge on any atom is -0.493 e. The highest BCUT2D eigenvalue weighted by Crippen LogP contribution is 2.32. The van der Waals surface area contributed by atoms with Crippen LogP contribution in [-0.2, 0) is 6.42 Å². The molecule has 0 amide bonds. The monoisotopic (exact) mass is 401 g/mol. The van der Waals surface area contributed by atoms with Gasteiger partial charge < -0.3 is 13.9 Å². The molecule has 9 nitrogen and oxygen atoms in total. The second-order valence-corrected chi connectivity index (χ2v) is 6.52. The Kier molecular flexibility index (Phi) is 5.90. The molecule has 0 aliphatic rings. The van der Waals surface area contributed by atoms with Gasteiger partial charge in [-0.3, -0.25) is 14.9 Å². The molecule has 0 aliphatic heterocycles. The first-order chi connectivity index (χ1) is 13.5. The van der Waals surface area contributed by atoms with Crippen LogP contribution in [0, 0.1) is 10.1 Å². The van der Waals surface area contributed by atoms with Crippen LogP contribution in [-0.4, -0.2) is 35.6 Å². The van der Waals surface area contributed by atoms with Gasteiger partial charge in [-0.25, -0.2) is 0 Å². The van der Waals surface area contributed by atoms with Gasteiger partial charge in [0, 0.05) is 22.6 Å². The molecule has 0 saturated heterocycles. The molecule has 3 aromatic rings. The first kappa shape index (κ1) is 19.4. The van der Waals surface area contributed by atoms with E-state index in [1.807, 2.05) is 12.1 Å². The van der Waals surface area contributed by atoms with E-state index in [4.69, 9.17) is 13.9 Å². The lowest BCUT2D eigenvalue weighted by atomic mass is 10.1. The van der Waals surface area contributed by atoms with Gasteiger partial charge in [0.25, 0.3) is 10.9 Å². The third-order valence-corrected chi connectivity index (χ3v) is 4.71. The van der Waals surface area contributed by atoms with Crippen LogP contribution in [0.15, 0.2) is 50.9 Å². The summed E-state index contributed by atoms with van der Waals surface area (Å²) in [6.45, 7) is 0. The summed E-state index contributed by atoms with van der Waals surface area (Å²) in [5.74, 6) is 1.59. The number of aromatic nitrogens is 2. The number of nitrogens with zero attached hydrogens (tertiary/aromatic N) is 3. The van der Waals surface area contributed by atoms with Crippen molar-refractivity contribution in [2.24, 2.45) is 0 Å². The number of benzene rings is 2. The van der Waals surface area contributed by atoms with Gasteiger partial charge >= 0.3 is 0 Å². The van der Waals surface area contributed by atoms with Crippen LogP contribution in [0.2, 0.25) is 0 Å². The topological polar surface area (TPSA) is 118 Å². The lowest BCUT2D eigenvalue weighted by Gasteiger charge is -2.08. The molecule has 28 heavy (non-hydrogen) atoms. The molecule has 0 radical (unpaired) electrons. The maximum Gasteiger partial charge on any atom is 0.281 e. The Balaban J connectivity index is 1.76. The van der Waals surface area contributed by atoms with E-state index in [1.165, 1.54) is 18.2 Å². The van der Waals surface area contributed by atoms with Crippen molar-refractivity contribution in [1.82, 2.24) is 10.2 Å². The number of hydrogen-bond donors (Lipinski definition) is 0. The van der Waals surface area contributed by atoms with E-state index in [0.29, 0.717) is 35.0 Å². The highest BCUT2D eigenvalue weighted by atomic mass is 32.2. The molecular formula is C18H15N3O6S. The standard InChI is InChI=1S/C18H15N3O6S/c1-25-14-5-3-11(7-15(14)26-2)8-17-19-20-18(27-17)28-16-6-4-13(21(23)24)9-12(16)10-22/h3-7,9-10H,8H2,1-2H3. The largest absolute Gasteiger partial charge is 0.493 e.